The molecule has 1 rings (SSSR count). The van der Waals surface area contributed by atoms with Crippen LogP contribution in [0.3, 0.4) is 0 Å². The third kappa shape index (κ3) is 2.07. The summed E-state index contributed by atoms with van der Waals surface area (Å²) in [4.78, 5) is 13.4. The molecule has 0 spiro atoms. The van der Waals surface area contributed by atoms with Crippen LogP contribution in [-0.2, 0) is 6.54 Å². The number of rotatable bonds is 3. The highest BCUT2D eigenvalue weighted by Crippen LogP contribution is 2.17. The Hall–Kier alpha value is -1.03. The maximum absolute atomic E-state index is 11.6. The normalized spacial score (nSPS) is 10.3. The lowest BCUT2D eigenvalue weighted by Crippen LogP contribution is -2.25. The second kappa shape index (κ2) is 4.46. The fourth-order valence-corrected chi connectivity index (χ4v) is 1.45. The largest absolute Gasteiger partial charge is 0.375 e. The van der Waals surface area contributed by atoms with Gasteiger partial charge in [-0.15, -0.1) is 0 Å². The number of hydrogen-bond acceptors (Lipinski definition) is 3. The fraction of sp³-hybridized carbons (Fsp3) is 0.556. The Morgan fingerprint density at radius 3 is 2.71 bits per heavy atom. The molecule has 1 aromatic heterocycles. The van der Waals surface area contributed by atoms with Crippen molar-refractivity contribution in [1.82, 2.24) is 9.78 Å². The second-order valence-electron chi connectivity index (χ2n) is 3.27. The molecule has 5 heteroatoms. The topological polar surface area (TPSA) is 38.1 Å². The first-order valence-corrected chi connectivity index (χ1v) is 4.88. The monoisotopic (exact) mass is 215 g/mol. The third-order valence-electron chi connectivity index (χ3n) is 1.88. The Labute approximate surface area is 88.1 Å². The van der Waals surface area contributed by atoms with E-state index in [9.17, 15) is 4.79 Å². The molecule has 0 aliphatic carbocycles. The van der Waals surface area contributed by atoms with Crippen molar-refractivity contribution in [2.75, 3.05) is 19.0 Å². The van der Waals surface area contributed by atoms with Crippen LogP contribution in [0.15, 0.2) is 11.0 Å². The zero-order chi connectivity index (χ0) is 10.7. The third-order valence-corrected chi connectivity index (χ3v) is 2.24. The Balaban J connectivity index is 3.20. The predicted octanol–water partition coefficient (Wildman–Crippen LogP) is 1.37. The standard InChI is InChI=1S/C9H14ClN3O/c1-4-5-13-9(14)8(10)7(6-11-13)12(2)3/h6H,4-5H2,1-3H3. The van der Waals surface area contributed by atoms with Crippen LogP contribution in [-0.4, -0.2) is 23.9 Å². The van der Waals surface area contributed by atoms with Gasteiger partial charge in [0.2, 0.25) is 0 Å². The van der Waals surface area contributed by atoms with Gasteiger partial charge in [0.05, 0.1) is 11.9 Å². The maximum Gasteiger partial charge on any atom is 0.287 e. The number of anilines is 1. The van der Waals surface area contributed by atoms with Crippen molar-refractivity contribution in [1.29, 1.82) is 0 Å². The lowest BCUT2D eigenvalue weighted by atomic mass is 10.4. The van der Waals surface area contributed by atoms with Crippen molar-refractivity contribution in [2.24, 2.45) is 0 Å². The quantitative estimate of drug-likeness (QED) is 0.765. The number of halogens is 1. The molecule has 14 heavy (non-hydrogen) atoms. The van der Waals surface area contributed by atoms with E-state index in [0.717, 1.165) is 6.42 Å². The molecule has 0 radical (unpaired) electrons. The van der Waals surface area contributed by atoms with Crippen molar-refractivity contribution in [3.63, 3.8) is 0 Å². The average Bonchev–Trinajstić information content (AvgIpc) is 2.13. The summed E-state index contributed by atoms with van der Waals surface area (Å²) in [6.45, 7) is 2.59. The van der Waals surface area contributed by atoms with Gasteiger partial charge in [-0.1, -0.05) is 18.5 Å². The van der Waals surface area contributed by atoms with Crippen molar-refractivity contribution in [3.05, 3.63) is 21.6 Å². The van der Waals surface area contributed by atoms with Gasteiger partial charge in [-0.3, -0.25) is 4.79 Å². The van der Waals surface area contributed by atoms with E-state index in [1.54, 1.807) is 11.1 Å². The van der Waals surface area contributed by atoms with Crippen LogP contribution in [0.5, 0.6) is 0 Å². The summed E-state index contributed by atoms with van der Waals surface area (Å²) < 4.78 is 1.38. The summed E-state index contributed by atoms with van der Waals surface area (Å²) in [5.41, 5.74) is 0.434. The summed E-state index contributed by atoms with van der Waals surface area (Å²) in [7, 11) is 3.65. The van der Waals surface area contributed by atoms with Crippen LogP contribution >= 0.6 is 11.6 Å². The summed E-state index contributed by atoms with van der Waals surface area (Å²) in [5.74, 6) is 0. The SMILES string of the molecule is CCCn1ncc(N(C)C)c(Cl)c1=O. The molecule has 4 nitrogen and oxygen atoms in total. The van der Waals surface area contributed by atoms with Gasteiger partial charge in [0, 0.05) is 20.6 Å². The van der Waals surface area contributed by atoms with Crippen LogP contribution in [0.2, 0.25) is 5.02 Å². The van der Waals surface area contributed by atoms with E-state index in [0.29, 0.717) is 12.2 Å². The molecule has 0 aliphatic rings. The van der Waals surface area contributed by atoms with E-state index in [2.05, 4.69) is 5.10 Å². The van der Waals surface area contributed by atoms with Crippen molar-refractivity contribution >= 4 is 17.3 Å². The summed E-state index contributed by atoms with van der Waals surface area (Å²) in [5, 5.41) is 4.26. The van der Waals surface area contributed by atoms with E-state index in [1.165, 1.54) is 4.68 Å². The first-order valence-electron chi connectivity index (χ1n) is 4.50. The molecule has 0 bridgehead atoms. The molecular formula is C9H14ClN3O. The minimum Gasteiger partial charge on any atom is -0.375 e. The van der Waals surface area contributed by atoms with Gasteiger partial charge >= 0.3 is 0 Å². The molecule has 0 fully saturated rings. The van der Waals surface area contributed by atoms with Crippen LogP contribution in [0.25, 0.3) is 0 Å². The van der Waals surface area contributed by atoms with Crippen molar-refractivity contribution in [2.45, 2.75) is 19.9 Å². The van der Waals surface area contributed by atoms with E-state index < -0.39 is 0 Å². The predicted molar refractivity (Wildman–Crippen MR) is 58.1 cm³/mol. The van der Waals surface area contributed by atoms with Gasteiger partial charge in [0.15, 0.2) is 0 Å². The molecule has 78 valence electrons. The molecule has 0 unspecified atom stereocenters. The molecule has 0 aliphatic heterocycles. The fourth-order valence-electron chi connectivity index (χ4n) is 1.14. The lowest BCUT2D eigenvalue weighted by Gasteiger charge is -2.14. The van der Waals surface area contributed by atoms with Gasteiger partial charge in [-0.05, 0) is 6.42 Å². The van der Waals surface area contributed by atoms with Gasteiger partial charge in [0.1, 0.15) is 5.02 Å². The van der Waals surface area contributed by atoms with Crippen molar-refractivity contribution < 1.29 is 0 Å². The van der Waals surface area contributed by atoms with Gasteiger partial charge in [-0.25, -0.2) is 4.68 Å². The molecular weight excluding hydrogens is 202 g/mol. The van der Waals surface area contributed by atoms with Crippen LogP contribution in [0.1, 0.15) is 13.3 Å². The Bertz CT molecular complexity index is 373. The zero-order valence-electron chi connectivity index (χ0n) is 8.62. The minimum absolute atomic E-state index is 0.222. The second-order valence-corrected chi connectivity index (χ2v) is 3.64. The van der Waals surface area contributed by atoms with Gasteiger partial charge in [-0.2, -0.15) is 5.10 Å². The van der Waals surface area contributed by atoms with Crippen molar-refractivity contribution in [3.8, 4) is 0 Å². The Kier molecular flexibility index (Phi) is 3.52. The maximum atomic E-state index is 11.6. The molecule has 0 aromatic carbocycles. The van der Waals surface area contributed by atoms with Crippen LogP contribution in [0, 0.1) is 0 Å². The van der Waals surface area contributed by atoms with E-state index in [4.69, 9.17) is 11.6 Å². The highest BCUT2D eigenvalue weighted by molar-refractivity contribution is 6.32. The number of hydrogen-bond donors (Lipinski definition) is 0. The highest BCUT2D eigenvalue weighted by Gasteiger charge is 2.09. The summed E-state index contributed by atoms with van der Waals surface area (Å²) in [6.07, 6.45) is 2.48. The summed E-state index contributed by atoms with van der Waals surface area (Å²) in [6, 6.07) is 0. The Morgan fingerprint density at radius 2 is 2.21 bits per heavy atom. The van der Waals surface area contributed by atoms with E-state index in [1.807, 2.05) is 21.0 Å². The summed E-state index contributed by atoms with van der Waals surface area (Å²) >= 11 is 5.91. The van der Waals surface area contributed by atoms with Crippen LogP contribution in [0.4, 0.5) is 5.69 Å². The first kappa shape index (κ1) is 11.0. The zero-order valence-corrected chi connectivity index (χ0v) is 9.38. The highest BCUT2D eigenvalue weighted by atomic mass is 35.5. The lowest BCUT2D eigenvalue weighted by molar-refractivity contribution is 0.568. The average molecular weight is 216 g/mol. The first-order chi connectivity index (χ1) is 6.57. The molecule has 0 saturated carbocycles. The van der Waals surface area contributed by atoms with Gasteiger partial charge in [0.25, 0.3) is 5.56 Å². The van der Waals surface area contributed by atoms with Gasteiger partial charge < -0.3 is 4.90 Å². The molecule has 0 atom stereocenters. The Morgan fingerprint density at radius 1 is 1.57 bits per heavy atom. The minimum atomic E-state index is -0.222. The molecule has 1 heterocycles. The smallest absolute Gasteiger partial charge is 0.287 e. The molecule has 1 aromatic rings. The number of nitrogens with zero attached hydrogens (tertiary/aromatic N) is 3. The molecule has 0 saturated heterocycles. The molecule has 0 amide bonds. The molecule has 0 N–H and O–H groups in total. The van der Waals surface area contributed by atoms with E-state index >= 15 is 0 Å². The number of aromatic nitrogens is 2. The van der Waals surface area contributed by atoms with Crippen LogP contribution < -0.4 is 10.5 Å². The number of aryl methyl sites for hydroxylation is 1. The van der Waals surface area contributed by atoms with E-state index in [-0.39, 0.29) is 10.6 Å².